The highest BCUT2D eigenvalue weighted by atomic mass is 35.5. The normalized spacial score (nSPS) is 10.4. The van der Waals surface area contributed by atoms with E-state index in [-0.39, 0.29) is 23.7 Å². The van der Waals surface area contributed by atoms with Gasteiger partial charge in [0.15, 0.2) is 17.3 Å². The Labute approximate surface area is 185 Å². The van der Waals surface area contributed by atoms with E-state index in [1.807, 2.05) is 36.4 Å². The molecule has 2 aromatic heterocycles. The second kappa shape index (κ2) is 9.36. The van der Waals surface area contributed by atoms with Crippen LogP contribution in [0.2, 0.25) is 0 Å². The van der Waals surface area contributed by atoms with Gasteiger partial charge in [-0.3, -0.25) is 9.89 Å². The highest BCUT2D eigenvalue weighted by Crippen LogP contribution is 2.32. The van der Waals surface area contributed by atoms with Crippen LogP contribution in [0.15, 0.2) is 84.3 Å². The van der Waals surface area contributed by atoms with Crippen LogP contribution >= 0.6 is 12.4 Å². The minimum absolute atomic E-state index is 0. The summed E-state index contributed by atoms with van der Waals surface area (Å²) in [7, 11) is 1.49. The SMILES string of the molecule is C=C(c1ccc(O)c(OC)c1)c1[nH]n(-c2ccccn2)c(=O)c1Cc1ccccc1.Cl. The van der Waals surface area contributed by atoms with Gasteiger partial charge in [-0.05, 0) is 35.4 Å². The second-order valence-corrected chi connectivity index (χ2v) is 6.82. The average molecular weight is 436 g/mol. The van der Waals surface area contributed by atoms with Crippen LogP contribution in [0.25, 0.3) is 11.4 Å². The van der Waals surface area contributed by atoms with Crippen LogP contribution < -0.4 is 10.3 Å². The van der Waals surface area contributed by atoms with Gasteiger partial charge in [-0.2, -0.15) is 0 Å². The fourth-order valence-electron chi connectivity index (χ4n) is 3.34. The van der Waals surface area contributed by atoms with Gasteiger partial charge in [0.25, 0.3) is 5.56 Å². The lowest BCUT2D eigenvalue weighted by atomic mass is 9.97. The van der Waals surface area contributed by atoms with Crippen molar-refractivity contribution < 1.29 is 9.84 Å². The molecule has 7 heteroatoms. The predicted octanol–water partition coefficient (Wildman–Crippen LogP) is 4.35. The molecule has 2 heterocycles. The number of phenols is 1. The third-order valence-corrected chi connectivity index (χ3v) is 4.92. The first-order chi connectivity index (χ1) is 14.6. The van der Waals surface area contributed by atoms with Gasteiger partial charge in [-0.1, -0.05) is 49.0 Å². The molecule has 0 aliphatic rings. The van der Waals surface area contributed by atoms with Crippen molar-refractivity contribution >= 4 is 18.0 Å². The molecule has 0 radical (unpaired) electrons. The average Bonchev–Trinajstić information content (AvgIpc) is 3.11. The van der Waals surface area contributed by atoms with Crippen LogP contribution in [0.1, 0.15) is 22.4 Å². The number of benzene rings is 2. The fraction of sp³-hybridized carbons (Fsp3) is 0.0833. The Balaban J connectivity index is 0.00000272. The maximum absolute atomic E-state index is 13.3. The molecule has 158 valence electrons. The second-order valence-electron chi connectivity index (χ2n) is 6.82. The van der Waals surface area contributed by atoms with E-state index in [2.05, 4.69) is 16.7 Å². The fourth-order valence-corrected chi connectivity index (χ4v) is 3.34. The zero-order chi connectivity index (χ0) is 21.1. The zero-order valence-corrected chi connectivity index (χ0v) is 17.7. The van der Waals surface area contributed by atoms with Crippen LogP contribution in [-0.4, -0.2) is 27.0 Å². The molecular weight excluding hydrogens is 414 g/mol. The minimum atomic E-state index is -0.181. The number of nitrogens with one attached hydrogen (secondary N) is 1. The Morgan fingerprint density at radius 1 is 1.13 bits per heavy atom. The van der Waals surface area contributed by atoms with Gasteiger partial charge < -0.3 is 9.84 Å². The van der Waals surface area contributed by atoms with Crippen LogP contribution in [0, 0.1) is 0 Å². The summed E-state index contributed by atoms with van der Waals surface area (Å²) < 4.78 is 6.64. The number of hydrogen-bond donors (Lipinski definition) is 2. The molecule has 0 unspecified atom stereocenters. The van der Waals surface area contributed by atoms with Gasteiger partial charge in [0.2, 0.25) is 0 Å². The standard InChI is InChI=1S/C24H21N3O3.ClH/c1-16(18-11-12-20(28)21(15-18)30-2)23-19(14-17-8-4-3-5-9-17)24(29)27(26-23)22-10-6-7-13-25-22;/h3-13,15,26,28H,1,14H2,2H3;1H. The van der Waals surface area contributed by atoms with E-state index in [4.69, 9.17) is 4.74 Å². The summed E-state index contributed by atoms with van der Waals surface area (Å²) in [5, 5.41) is 13.1. The van der Waals surface area contributed by atoms with Crippen molar-refractivity contribution in [1.29, 1.82) is 0 Å². The molecule has 0 bridgehead atoms. The molecule has 0 amide bonds. The molecule has 2 N–H and O–H groups in total. The molecule has 4 aromatic rings. The Kier molecular flexibility index (Phi) is 6.62. The van der Waals surface area contributed by atoms with Crippen molar-refractivity contribution in [2.75, 3.05) is 7.11 Å². The number of pyridine rings is 1. The van der Waals surface area contributed by atoms with Gasteiger partial charge in [0, 0.05) is 23.8 Å². The van der Waals surface area contributed by atoms with Crippen molar-refractivity contribution in [2.24, 2.45) is 0 Å². The largest absolute Gasteiger partial charge is 0.504 e. The molecular formula is C24H22ClN3O3. The summed E-state index contributed by atoms with van der Waals surface area (Å²) in [6.07, 6.45) is 2.08. The van der Waals surface area contributed by atoms with E-state index < -0.39 is 0 Å². The molecule has 2 aromatic carbocycles. The molecule has 0 atom stereocenters. The van der Waals surface area contributed by atoms with Crippen LogP contribution in [-0.2, 0) is 6.42 Å². The van der Waals surface area contributed by atoms with Crippen molar-refractivity contribution in [3.05, 3.63) is 112 Å². The number of aromatic amines is 1. The molecule has 0 aliphatic carbocycles. The lowest BCUT2D eigenvalue weighted by molar-refractivity contribution is 0.373. The van der Waals surface area contributed by atoms with Crippen LogP contribution in [0.4, 0.5) is 0 Å². The van der Waals surface area contributed by atoms with Crippen LogP contribution in [0.3, 0.4) is 0 Å². The summed E-state index contributed by atoms with van der Waals surface area (Å²) in [5.74, 6) is 0.877. The third-order valence-electron chi connectivity index (χ3n) is 4.92. The highest BCUT2D eigenvalue weighted by molar-refractivity contribution is 5.85. The Morgan fingerprint density at radius 3 is 2.55 bits per heavy atom. The summed E-state index contributed by atoms with van der Waals surface area (Å²) in [6, 6.07) is 20.2. The first-order valence-electron chi connectivity index (χ1n) is 9.44. The zero-order valence-electron chi connectivity index (χ0n) is 16.9. The first kappa shape index (κ1) is 21.9. The number of aromatic nitrogens is 3. The first-order valence-corrected chi connectivity index (χ1v) is 9.44. The quantitative estimate of drug-likeness (QED) is 0.472. The number of nitrogens with zero attached hydrogens (tertiary/aromatic N) is 2. The number of methoxy groups -OCH3 is 1. The number of rotatable bonds is 6. The number of hydrogen-bond acceptors (Lipinski definition) is 4. The lowest BCUT2D eigenvalue weighted by Crippen LogP contribution is -2.18. The Morgan fingerprint density at radius 2 is 1.87 bits per heavy atom. The number of phenolic OH excluding ortho intramolecular Hbond substituents is 1. The number of ether oxygens (including phenoxy) is 1. The topological polar surface area (TPSA) is 80.1 Å². The Hall–Kier alpha value is -3.77. The maximum atomic E-state index is 13.3. The third kappa shape index (κ3) is 4.39. The molecule has 31 heavy (non-hydrogen) atoms. The van der Waals surface area contributed by atoms with Crippen molar-refractivity contribution in [3.8, 4) is 17.3 Å². The van der Waals surface area contributed by atoms with E-state index in [9.17, 15) is 9.90 Å². The molecule has 4 rings (SSSR count). The molecule has 6 nitrogen and oxygen atoms in total. The van der Waals surface area contributed by atoms with E-state index in [1.165, 1.54) is 11.8 Å². The van der Waals surface area contributed by atoms with Crippen molar-refractivity contribution in [3.63, 3.8) is 0 Å². The summed E-state index contributed by atoms with van der Waals surface area (Å²) >= 11 is 0. The molecule has 0 fully saturated rings. The van der Waals surface area contributed by atoms with Gasteiger partial charge in [0.05, 0.1) is 12.8 Å². The van der Waals surface area contributed by atoms with Gasteiger partial charge in [-0.15, -0.1) is 12.4 Å². The van der Waals surface area contributed by atoms with Crippen molar-refractivity contribution in [2.45, 2.75) is 6.42 Å². The summed E-state index contributed by atoms with van der Waals surface area (Å²) in [4.78, 5) is 17.6. The molecule has 0 saturated heterocycles. The van der Waals surface area contributed by atoms with E-state index in [0.717, 1.165) is 11.1 Å². The van der Waals surface area contributed by atoms with E-state index in [0.29, 0.717) is 34.8 Å². The maximum Gasteiger partial charge on any atom is 0.276 e. The van der Waals surface area contributed by atoms with Crippen molar-refractivity contribution in [1.82, 2.24) is 14.8 Å². The molecule has 0 saturated carbocycles. The van der Waals surface area contributed by atoms with E-state index in [1.54, 1.807) is 36.5 Å². The Bertz CT molecular complexity index is 1250. The number of H-pyrrole nitrogens is 1. The molecule has 0 spiro atoms. The van der Waals surface area contributed by atoms with Crippen LogP contribution in [0.5, 0.6) is 11.5 Å². The highest BCUT2D eigenvalue weighted by Gasteiger charge is 2.20. The van der Waals surface area contributed by atoms with Gasteiger partial charge in [-0.25, -0.2) is 9.67 Å². The lowest BCUT2D eigenvalue weighted by Gasteiger charge is -2.10. The van der Waals surface area contributed by atoms with E-state index >= 15 is 0 Å². The molecule has 0 aliphatic heterocycles. The summed E-state index contributed by atoms with van der Waals surface area (Å²) in [6.45, 7) is 4.21. The predicted molar refractivity (Wildman–Crippen MR) is 123 cm³/mol. The smallest absolute Gasteiger partial charge is 0.276 e. The minimum Gasteiger partial charge on any atom is -0.504 e. The monoisotopic (exact) mass is 435 g/mol. The summed E-state index contributed by atoms with van der Waals surface area (Å²) in [5.41, 5.74) is 3.38. The van der Waals surface area contributed by atoms with Gasteiger partial charge >= 0.3 is 0 Å². The van der Waals surface area contributed by atoms with Gasteiger partial charge in [0.1, 0.15) is 0 Å². The number of halogens is 1. The number of aromatic hydroxyl groups is 1.